The molecule has 1 amide bonds. The van der Waals surface area contributed by atoms with Crippen molar-refractivity contribution in [2.24, 2.45) is 0 Å². The number of piperazine rings is 1. The predicted octanol–water partition coefficient (Wildman–Crippen LogP) is 0.587. The van der Waals surface area contributed by atoms with Gasteiger partial charge >= 0.3 is 5.97 Å². The Morgan fingerprint density at radius 2 is 1.84 bits per heavy atom. The maximum atomic E-state index is 12.2. The minimum atomic E-state index is -0.596. The second kappa shape index (κ2) is 7.29. The quantitative estimate of drug-likeness (QED) is 0.742. The van der Waals surface area contributed by atoms with E-state index in [4.69, 9.17) is 9.26 Å². The van der Waals surface area contributed by atoms with E-state index in [1.165, 1.54) is 0 Å². The number of aromatic nitrogens is 3. The molecule has 0 unspecified atom stereocenters. The van der Waals surface area contributed by atoms with E-state index in [0.717, 1.165) is 0 Å². The second-order valence-electron chi connectivity index (χ2n) is 5.69. The fourth-order valence-electron chi connectivity index (χ4n) is 2.68. The van der Waals surface area contributed by atoms with Crippen molar-refractivity contribution in [2.45, 2.75) is 13.8 Å². The van der Waals surface area contributed by atoms with Gasteiger partial charge in [0.2, 0.25) is 5.95 Å². The fraction of sp³-hybridized carbons (Fsp3) is 0.438. The Balaban J connectivity index is 1.49. The van der Waals surface area contributed by atoms with E-state index in [1.54, 1.807) is 37.2 Å². The van der Waals surface area contributed by atoms with Crippen LogP contribution in [-0.4, -0.2) is 64.7 Å². The van der Waals surface area contributed by atoms with Crippen molar-refractivity contribution in [3.63, 3.8) is 0 Å². The molecule has 2 aromatic rings. The number of aryl methyl sites for hydroxylation is 2. The number of carbonyl (C=O) groups excluding carboxylic acids is 2. The molecule has 25 heavy (non-hydrogen) atoms. The first kappa shape index (κ1) is 16.9. The summed E-state index contributed by atoms with van der Waals surface area (Å²) in [5.74, 6) is 0.209. The third-order valence-electron chi connectivity index (χ3n) is 4.03. The summed E-state index contributed by atoms with van der Waals surface area (Å²) in [5, 5.41) is 3.70. The Hall–Kier alpha value is -2.97. The normalized spacial score (nSPS) is 14.5. The van der Waals surface area contributed by atoms with E-state index in [2.05, 4.69) is 15.1 Å². The predicted molar refractivity (Wildman–Crippen MR) is 87.1 cm³/mol. The average Bonchev–Trinajstić information content (AvgIpc) is 2.99. The lowest BCUT2D eigenvalue weighted by atomic mass is 10.2. The zero-order valence-corrected chi connectivity index (χ0v) is 14.1. The van der Waals surface area contributed by atoms with Gasteiger partial charge in [-0.25, -0.2) is 14.8 Å². The van der Waals surface area contributed by atoms with Gasteiger partial charge in [-0.1, -0.05) is 5.16 Å². The largest absolute Gasteiger partial charge is 0.452 e. The molecule has 0 radical (unpaired) electrons. The molecule has 9 heteroatoms. The number of hydrogen-bond donors (Lipinski definition) is 0. The number of nitrogens with zero attached hydrogens (tertiary/aromatic N) is 5. The lowest BCUT2D eigenvalue weighted by Crippen LogP contribution is -2.50. The standard InChI is InChI=1S/C16H19N5O4/c1-11-14(12(2)25-19-11)15(23)24-10-13(22)20-6-8-21(9-7-20)16-17-4-3-5-18-16/h3-5H,6-10H2,1-2H3. The molecular weight excluding hydrogens is 326 g/mol. The van der Waals surface area contributed by atoms with Gasteiger partial charge in [0.15, 0.2) is 6.61 Å². The number of carbonyl (C=O) groups is 2. The Labute approximate surface area is 144 Å². The smallest absolute Gasteiger partial charge is 0.344 e. The van der Waals surface area contributed by atoms with Crippen LogP contribution >= 0.6 is 0 Å². The van der Waals surface area contributed by atoms with Crippen LogP contribution in [0.4, 0.5) is 5.95 Å². The number of esters is 1. The summed E-state index contributed by atoms with van der Waals surface area (Å²) in [6, 6.07) is 1.76. The van der Waals surface area contributed by atoms with Crippen LogP contribution in [0, 0.1) is 13.8 Å². The molecule has 0 saturated carbocycles. The van der Waals surface area contributed by atoms with Crippen molar-refractivity contribution < 1.29 is 18.8 Å². The van der Waals surface area contributed by atoms with Gasteiger partial charge in [0, 0.05) is 38.6 Å². The highest BCUT2D eigenvalue weighted by molar-refractivity contribution is 5.93. The maximum Gasteiger partial charge on any atom is 0.344 e. The zero-order chi connectivity index (χ0) is 17.8. The number of ether oxygens (including phenoxy) is 1. The number of hydrogen-bond acceptors (Lipinski definition) is 8. The molecule has 0 aromatic carbocycles. The highest BCUT2D eigenvalue weighted by atomic mass is 16.5. The van der Waals surface area contributed by atoms with Gasteiger partial charge < -0.3 is 19.1 Å². The van der Waals surface area contributed by atoms with Crippen molar-refractivity contribution in [1.82, 2.24) is 20.0 Å². The zero-order valence-electron chi connectivity index (χ0n) is 14.1. The van der Waals surface area contributed by atoms with E-state index in [1.807, 2.05) is 4.90 Å². The summed E-state index contributed by atoms with van der Waals surface area (Å²) < 4.78 is 10.0. The molecule has 3 rings (SSSR count). The molecule has 3 heterocycles. The van der Waals surface area contributed by atoms with Gasteiger partial charge in [-0.3, -0.25) is 4.79 Å². The van der Waals surface area contributed by atoms with Crippen LogP contribution in [-0.2, 0) is 9.53 Å². The van der Waals surface area contributed by atoms with Crippen molar-refractivity contribution in [2.75, 3.05) is 37.7 Å². The molecule has 1 aliphatic heterocycles. The Morgan fingerprint density at radius 3 is 2.44 bits per heavy atom. The average molecular weight is 345 g/mol. The van der Waals surface area contributed by atoms with Crippen LogP contribution in [0.2, 0.25) is 0 Å². The minimum absolute atomic E-state index is 0.228. The van der Waals surface area contributed by atoms with Crippen molar-refractivity contribution in [3.05, 3.63) is 35.5 Å². The van der Waals surface area contributed by atoms with Crippen molar-refractivity contribution in [3.8, 4) is 0 Å². The van der Waals surface area contributed by atoms with Gasteiger partial charge in [0.1, 0.15) is 11.3 Å². The molecule has 9 nitrogen and oxygen atoms in total. The molecular formula is C16H19N5O4. The Kier molecular flexibility index (Phi) is 4.92. The van der Waals surface area contributed by atoms with Crippen LogP contribution < -0.4 is 4.90 Å². The maximum absolute atomic E-state index is 12.2. The second-order valence-corrected chi connectivity index (χ2v) is 5.69. The fourth-order valence-corrected chi connectivity index (χ4v) is 2.68. The summed E-state index contributed by atoms with van der Waals surface area (Å²) in [6.07, 6.45) is 3.38. The molecule has 1 fully saturated rings. The van der Waals surface area contributed by atoms with E-state index >= 15 is 0 Å². The van der Waals surface area contributed by atoms with Crippen molar-refractivity contribution in [1.29, 1.82) is 0 Å². The number of rotatable bonds is 4. The van der Waals surface area contributed by atoms with Crippen LogP contribution in [0.25, 0.3) is 0 Å². The van der Waals surface area contributed by atoms with Crippen LogP contribution in [0.15, 0.2) is 23.0 Å². The summed E-state index contributed by atoms with van der Waals surface area (Å²) >= 11 is 0. The number of amides is 1. The van der Waals surface area contributed by atoms with E-state index in [0.29, 0.717) is 43.6 Å². The van der Waals surface area contributed by atoms with Crippen LogP contribution in [0.1, 0.15) is 21.8 Å². The first-order valence-corrected chi connectivity index (χ1v) is 7.96. The SMILES string of the molecule is Cc1noc(C)c1C(=O)OCC(=O)N1CCN(c2ncccn2)CC1. The lowest BCUT2D eigenvalue weighted by molar-refractivity contribution is -0.134. The van der Waals surface area contributed by atoms with Crippen LogP contribution in [0.5, 0.6) is 0 Å². The molecule has 0 aliphatic carbocycles. The summed E-state index contributed by atoms with van der Waals surface area (Å²) in [7, 11) is 0. The van der Waals surface area contributed by atoms with Gasteiger partial charge in [0.25, 0.3) is 5.91 Å². The van der Waals surface area contributed by atoms with Crippen LogP contribution in [0.3, 0.4) is 0 Å². The van der Waals surface area contributed by atoms with E-state index in [-0.39, 0.29) is 18.1 Å². The third kappa shape index (κ3) is 3.76. The molecule has 1 aliphatic rings. The third-order valence-corrected chi connectivity index (χ3v) is 4.03. The van der Waals surface area contributed by atoms with E-state index in [9.17, 15) is 9.59 Å². The summed E-state index contributed by atoms with van der Waals surface area (Å²) in [6.45, 7) is 5.30. The molecule has 1 saturated heterocycles. The van der Waals surface area contributed by atoms with Gasteiger partial charge in [0.05, 0.1) is 5.69 Å². The molecule has 2 aromatic heterocycles. The molecule has 0 N–H and O–H groups in total. The highest BCUT2D eigenvalue weighted by Crippen LogP contribution is 2.14. The topological polar surface area (TPSA) is 102 Å². The molecule has 0 atom stereocenters. The molecule has 0 bridgehead atoms. The lowest BCUT2D eigenvalue weighted by Gasteiger charge is -2.34. The molecule has 0 spiro atoms. The minimum Gasteiger partial charge on any atom is -0.452 e. The summed E-state index contributed by atoms with van der Waals surface area (Å²) in [4.78, 5) is 36.4. The Bertz CT molecular complexity index is 734. The first-order chi connectivity index (χ1) is 12.1. The van der Waals surface area contributed by atoms with Crippen molar-refractivity contribution >= 4 is 17.8 Å². The monoisotopic (exact) mass is 345 g/mol. The molecule has 132 valence electrons. The van der Waals surface area contributed by atoms with Gasteiger partial charge in [-0.05, 0) is 19.9 Å². The van der Waals surface area contributed by atoms with Gasteiger partial charge in [-0.15, -0.1) is 0 Å². The van der Waals surface area contributed by atoms with E-state index < -0.39 is 5.97 Å². The first-order valence-electron chi connectivity index (χ1n) is 7.96. The highest BCUT2D eigenvalue weighted by Gasteiger charge is 2.25. The number of anilines is 1. The van der Waals surface area contributed by atoms with Gasteiger partial charge in [-0.2, -0.15) is 0 Å². The Morgan fingerprint density at radius 1 is 1.16 bits per heavy atom. The summed E-state index contributed by atoms with van der Waals surface area (Å²) in [5.41, 5.74) is 0.727.